The Morgan fingerprint density at radius 1 is 1.09 bits per heavy atom. The van der Waals surface area contributed by atoms with Crippen molar-refractivity contribution in [3.05, 3.63) is 54.1 Å². The van der Waals surface area contributed by atoms with Crippen LogP contribution in [-0.2, 0) is 5.66 Å². The number of amides is 2. The molecule has 23 heavy (non-hydrogen) atoms. The van der Waals surface area contributed by atoms with Gasteiger partial charge in [-0.3, -0.25) is 10.3 Å². The lowest BCUT2D eigenvalue weighted by Crippen LogP contribution is -2.67. The lowest BCUT2D eigenvalue weighted by Gasteiger charge is -2.40. The third kappa shape index (κ3) is 2.70. The zero-order chi connectivity index (χ0) is 16.6. The van der Waals surface area contributed by atoms with E-state index >= 15 is 0 Å². The first kappa shape index (κ1) is 14.9. The molecule has 0 aromatic heterocycles. The van der Waals surface area contributed by atoms with Gasteiger partial charge in [-0.2, -0.15) is 0 Å². The highest BCUT2D eigenvalue weighted by Crippen LogP contribution is 2.27. The highest BCUT2D eigenvalue weighted by Gasteiger charge is 2.37. The first-order chi connectivity index (χ1) is 10.9. The van der Waals surface area contributed by atoms with Gasteiger partial charge in [0.2, 0.25) is 5.96 Å². The van der Waals surface area contributed by atoms with Crippen LogP contribution in [0.15, 0.2) is 48.5 Å². The number of carbonyl (C=O) groups is 1. The molecule has 1 atom stereocenters. The van der Waals surface area contributed by atoms with Crippen molar-refractivity contribution in [2.75, 3.05) is 12.8 Å². The average molecular weight is 309 g/mol. The molecule has 6 nitrogen and oxygen atoms in total. The zero-order valence-electron chi connectivity index (χ0n) is 13.1. The fourth-order valence-corrected chi connectivity index (χ4v) is 2.62. The van der Waals surface area contributed by atoms with Crippen molar-refractivity contribution in [2.45, 2.75) is 12.6 Å². The van der Waals surface area contributed by atoms with E-state index in [1.165, 1.54) is 4.90 Å². The van der Waals surface area contributed by atoms with Crippen LogP contribution in [0.3, 0.4) is 0 Å². The van der Waals surface area contributed by atoms with Crippen molar-refractivity contribution in [3.8, 4) is 11.1 Å². The fraction of sp³-hybridized carbons (Fsp3) is 0.176. The lowest BCUT2D eigenvalue weighted by molar-refractivity contribution is 0.193. The predicted molar refractivity (Wildman–Crippen MR) is 90.8 cm³/mol. The Labute approximate surface area is 134 Å². The van der Waals surface area contributed by atoms with E-state index in [1.54, 1.807) is 7.05 Å². The first-order valence-electron chi connectivity index (χ1n) is 7.28. The van der Waals surface area contributed by atoms with Crippen LogP contribution in [0.2, 0.25) is 0 Å². The van der Waals surface area contributed by atoms with Gasteiger partial charge in [-0.25, -0.2) is 4.79 Å². The number of benzene rings is 2. The summed E-state index contributed by atoms with van der Waals surface area (Å²) in [5, 5.41) is 13.8. The number of carbonyl (C=O) groups excluding carboxylic acids is 1. The Morgan fingerprint density at radius 2 is 1.74 bits per heavy atom. The topological polar surface area (TPSA) is 94.2 Å². The summed E-state index contributed by atoms with van der Waals surface area (Å²) in [6.07, 6.45) is 0. The third-order valence-corrected chi connectivity index (χ3v) is 4.03. The summed E-state index contributed by atoms with van der Waals surface area (Å²) < 4.78 is 0. The Balaban J connectivity index is 1.99. The normalized spacial score (nSPS) is 20.9. The molecule has 118 valence electrons. The second kappa shape index (κ2) is 5.31. The van der Waals surface area contributed by atoms with Gasteiger partial charge in [0.05, 0.1) is 0 Å². The van der Waals surface area contributed by atoms with Crippen molar-refractivity contribution < 1.29 is 4.79 Å². The largest absolute Gasteiger partial charge is 0.399 e. The van der Waals surface area contributed by atoms with Gasteiger partial charge >= 0.3 is 6.03 Å². The number of nitrogens with one attached hydrogen (secondary N) is 3. The molecule has 0 spiro atoms. The number of nitrogens with two attached hydrogens (primary N) is 1. The average Bonchev–Trinajstić information content (AvgIpc) is 2.53. The molecule has 6 heteroatoms. The maximum absolute atomic E-state index is 12.0. The molecule has 0 aliphatic carbocycles. The molecule has 2 aromatic rings. The predicted octanol–water partition coefficient (Wildman–Crippen LogP) is 2.29. The lowest BCUT2D eigenvalue weighted by atomic mass is 9.95. The van der Waals surface area contributed by atoms with Crippen LogP contribution in [0.25, 0.3) is 11.1 Å². The van der Waals surface area contributed by atoms with Crippen LogP contribution >= 0.6 is 0 Å². The van der Waals surface area contributed by atoms with Crippen LogP contribution in [0, 0.1) is 5.41 Å². The van der Waals surface area contributed by atoms with Gasteiger partial charge < -0.3 is 16.4 Å². The van der Waals surface area contributed by atoms with Gasteiger partial charge in [-0.05, 0) is 41.8 Å². The molecule has 0 saturated carbocycles. The summed E-state index contributed by atoms with van der Waals surface area (Å²) >= 11 is 0. The standard InChI is InChI=1S/C17H19N5O/c1-17(20-15(19)22(2)16(23)21-17)13-7-3-5-11(9-13)12-6-4-8-14(18)10-12/h3-10H,18H2,1-2H3,(H2,19,20)(H,21,23). The van der Waals surface area contributed by atoms with Gasteiger partial charge in [0.25, 0.3) is 0 Å². The van der Waals surface area contributed by atoms with Crippen molar-refractivity contribution >= 4 is 17.7 Å². The summed E-state index contributed by atoms with van der Waals surface area (Å²) in [4.78, 5) is 13.2. The maximum atomic E-state index is 12.0. The summed E-state index contributed by atoms with van der Waals surface area (Å²) in [5.41, 5.74) is 8.58. The number of urea groups is 1. The molecule has 0 bridgehead atoms. The van der Waals surface area contributed by atoms with Crippen LogP contribution in [0.4, 0.5) is 10.5 Å². The Kier molecular flexibility index (Phi) is 3.44. The van der Waals surface area contributed by atoms with Crippen molar-refractivity contribution in [3.63, 3.8) is 0 Å². The molecule has 5 N–H and O–H groups in total. The number of hydrogen-bond donors (Lipinski definition) is 4. The molecule has 0 radical (unpaired) electrons. The minimum absolute atomic E-state index is 0.0607. The van der Waals surface area contributed by atoms with E-state index in [1.807, 2.05) is 55.5 Å². The summed E-state index contributed by atoms with van der Waals surface area (Å²) in [6.45, 7) is 1.84. The molecule has 1 unspecified atom stereocenters. The minimum Gasteiger partial charge on any atom is -0.399 e. The highest BCUT2D eigenvalue weighted by atomic mass is 16.2. The number of hydrogen-bond acceptors (Lipinski definition) is 3. The van der Waals surface area contributed by atoms with E-state index in [4.69, 9.17) is 11.1 Å². The third-order valence-electron chi connectivity index (χ3n) is 4.03. The molecule has 2 amide bonds. The second-order valence-electron chi connectivity index (χ2n) is 5.79. The highest BCUT2D eigenvalue weighted by molar-refractivity contribution is 5.97. The van der Waals surface area contributed by atoms with Crippen LogP contribution in [0.5, 0.6) is 0 Å². The Morgan fingerprint density at radius 3 is 2.39 bits per heavy atom. The molecular formula is C17H19N5O. The van der Waals surface area contributed by atoms with Gasteiger partial charge in [-0.15, -0.1) is 0 Å². The molecular weight excluding hydrogens is 290 g/mol. The minimum atomic E-state index is -0.836. The smallest absolute Gasteiger partial charge is 0.326 e. The molecule has 1 aliphatic heterocycles. The number of guanidine groups is 1. The SMILES string of the molecule is CN1C(=N)NC(C)(c2cccc(-c3cccc(N)c3)c2)NC1=O. The Hall–Kier alpha value is -3.02. The second-order valence-corrected chi connectivity index (χ2v) is 5.79. The van der Waals surface area contributed by atoms with Gasteiger partial charge in [-0.1, -0.05) is 30.3 Å². The van der Waals surface area contributed by atoms with E-state index in [-0.39, 0.29) is 12.0 Å². The number of anilines is 1. The van der Waals surface area contributed by atoms with E-state index < -0.39 is 5.66 Å². The van der Waals surface area contributed by atoms with Gasteiger partial charge in [0.1, 0.15) is 5.66 Å². The first-order valence-corrected chi connectivity index (χ1v) is 7.28. The van der Waals surface area contributed by atoms with Gasteiger partial charge in [0, 0.05) is 12.7 Å². The van der Waals surface area contributed by atoms with Crippen molar-refractivity contribution in [1.82, 2.24) is 15.5 Å². The Bertz CT molecular complexity index is 768. The monoisotopic (exact) mass is 309 g/mol. The van der Waals surface area contributed by atoms with Gasteiger partial charge in [0.15, 0.2) is 0 Å². The molecule has 2 aromatic carbocycles. The number of rotatable bonds is 2. The number of nitrogen functional groups attached to an aromatic ring is 1. The summed E-state index contributed by atoms with van der Waals surface area (Å²) in [5.74, 6) is 0.0607. The van der Waals surface area contributed by atoms with E-state index in [2.05, 4.69) is 10.6 Å². The van der Waals surface area contributed by atoms with Crippen LogP contribution in [-0.4, -0.2) is 23.9 Å². The van der Waals surface area contributed by atoms with E-state index in [0.29, 0.717) is 5.69 Å². The molecule has 1 heterocycles. The van der Waals surface area contributed by atoms with Crippen molar-refractivity contribution in [1.29, 1.82) is 5.41 Å². The quantitative estimate of drug-likeness (QED) is 0.641. The van der Waals surface area contributed by atoms with Crippen LogP contribution in [0.1, 0.15) is 12.5 Å². The van der Waals surface area contributed by atoms with Crippen molar-refractivity contribution in [2.24, 2.45) is 0 Å². The molecule has 3 rings (SSSR count). The summed E-state index contributed by atoms with van der Waals surface area (Å²) in [6, 6.07) is 15.1. The summed E-state index contributed by atoms with van der Waals surface area (Å²) in [7, 11) is 1.55. The molecule has 1 fully saturated rings. The fourth-order valence-electron chi connectivity index (χ4n) is 2.62. The van der Waals surface area contributed by atoms with E-state index in [9.17, 15) is 4.79 Å². The zero-order valence-corrected chi connectivity index (χ0v) is 13.1. The number of nitrogens with zero attached hydrogens (tertiary/aromatic N) is 1. The molecule has 1 saturated heterocycles. The molecule has 1 aliphatic rings. The van der Waals surface area contributed by atoms with E-state index in [0.717, 1.165) is 16.7 Å². The maximum Gasteiger partial charge on any atom is 0.326 e. The van der Waals surface area contributed by atoms with Crippen LogP contribution < -0.4 is 16.4 Å².